The molecule has 0 aromatic heterocycles. The Labute approximate surface area is 120 Å². The van der Waals surface area contributed by atoms with Crippen molar-refractivity contribution in [1.29, 1.82) is 0 Å². The number of ether oxygens (including phenoxy) is 1. The summed E-state index contributed by atoms with van der Waals surface area (Å²) in [6, 6.07) is 5.11. The average molecular weight is 276 g/mol. The fourth-order valence-corrected chi connectivity index (χ4v) is 2.76. The molecular weight excluding hydrogens is 252 g/mol. The van der Waals surface area contributed by atoms with Gasteiger partial charge in [-0.25, -0.2) is 0 Å². The number of anilines is 1. The molecule has 0 atom stereocenters. The zero-order valence-electron chi connectivity index (χ0n) is 12.3. The van der Waals surface area contributed by atoms with E-state index >= 15 is 0 Å². The molecule has 0 saturated heterocycles. The third kappa shape index (κ3) is 3.65. The Bertz CT molecular complexity index is 466. The lowest BCUT2D eigenvalue weighted by Crippen LogP contribution is -2.31. The molecule has 0 aliphatic heterocycles. The first-order chi connectivity index (χ1) is 9.60. The van der Waals surface area contributed by atoms with E-state index in [0.717, 1.165) is 12.5 Å². The van der Waals surface area contributed by atoms with Crippen LogP contribution in [0.15, 0.2) is 18.2 Å². The Kier molecular flexibility index (Phi) is 4.88. The van der Waals surface area contributed by atoms with Crippen LogP contribution in [0.25, 0.3) is 0 Å². The van der Waals surface area contributed by atoms with Crippen molar-refractivity contribution >= 4 is 11.6 Å². The van der Waals surface area contributed by atoms with Gasteiger partial charge in [0.15, 0.2) is 0 Å². The van der Waals surface area contributed by atoms with E-state index in [1.54, 1.807) is 25.3 Å². The SMILES string of the molecule is COc1cc(N)ccc1C(=O)NCC1CCC(C)CC1. The number of nitrogens with one attached hydrogen (secondary N) is 1. The highest BCUT2D eigenvalue weighted by atomic mass is 16.5. The Morgan fingerprint density at radius 2 is 2.05 bits per heavy atom. The van der Waals surface area contributed by atoms with Gasteiger partial charge in [0.2, 0.25) is 0 Å². The zero-order valence-corrected chi connectivity index (χ0v) is 12.3. The second-order valence-electron chi connectivity index (χ2n) is 5.80. The summed E-state index contributed by atoms with van der Waals surface area (Å²) < 4.78 is 5.21. The molecule has 1 fully saturated rings. The average Bonchev–Trinajstić information content (AvgIpc) is 2.46. The van der Waals surface area contributed by atoms with Gasteiger partial charge < -0.3 is 15.8 Å². The van der Waals surface area contributed by atoms with E-state index in [-0.39, 0.29) is 5.91 Å². The molecule has 1 saturated carbocycles. The van der Waals surface area contributed by atoms with E-state index in [4.69, 9.17) is 10.5 Å². The van der Waals surface area contributed by atoms with Crippen LogP contribution < -0.4 is 15.8 Å². The van der Waals surface area contributed by atoms with E-state index in [1.807, 2.05) is 0 Å². The molecule has 0 radical (unpaired) electrons. The maximum absolute atomic E-state index is 12.2. The first kappa shape index (κ1) is 14.7. The van der Waals surface area contributed by atoms with Crippen molar-refractivity contribution in [2.24, 2.45) is 11.8 Å². The lowest BCUT2D eigenvalue weighted by atomic mass is 9.83. The van der Waals surface area contributed by atoms with E-state index in [0.29, 0.717) is 22.9 Å². The number of nitrogens with two attached hydrogens (primary N) is 1. The largest absolute Gasteiger partial charge is 0.496 e. The number of nitrogen functional groups attached to an aromatic ring is 1. The van der Waals surface area contributed by atoms with Gasteiger partial charge in [-0.05, 0) is 36.8 Å². The Morgan fingerprint density at radius 1 is 1.35 bits per heavy atom. The summed E-state index contributed by atoms with van der Waals surface area (Å²) in [5.74, 6) is 1.88. The number of carbonyl (C=O) groups is 1. The van der Waals surface area contributed by atoms with Crippen LogP contribution in [0.5, 0.6) is 5.75 Å². The molecule has 0 heterocycles. The molecule has 2 rings (SSSR count). The molecule has 1 aromatic carbocycles. The van der Waals surface area contributed by atoms with Crippen LogP contribution >= 0.6 is 0 Å². The van der Waals surface area contributed by atoms with Crippen LogP contribution in [0.1, 0.15) is 43.0 Å². The Balaban J connectivity index is 1.92. The molecule has 0 bridgehead atoms. The fraction of sp³-hybridized carbons (Fsp3) is 0.562. The third-order valence-corrected chi connectivity index (χ3v) is 4.16. The van der Waals surface area contributed by atoms with Crippen molar-refractivity contribution in [3.8, 4) is 5.75 Å². The van der Waals surface area contributed by atoms with Crippen LogP contribution in [0, 0.1) is 11.8 Å². The molecule has 1 aliphatic rings. The number of carbonyl (C=O) groups excluding carboxylic acids is 1. The van der Waals surface area contributed by atoms with Gasteiger partial charge in [0.05, 0.1) is 12.7 Å². The molecule has 0 spiro atoms. The van der Waals surface area contributed by atoms with Gasteiger partial charge in [0.1, 0.15) is 5.75 Å². The van der Waals surface area contributed by atoms with Crippen LogP contribution in [-0.4, -0.2) is 19.6 Å². The Hall–Kier alpha value is -1.71. The first-order valence-corrected chi connectivity index (χ1v) is 7.32. The van der Waals surface area contributed by atoms with Crippen LogP contribution in [0.3, 0.4) is 0 Å². The fourth-order valence-electron chi connectivity index (χ4n) is 2.76. The number of benzene rings is 1. The second-order valence-corrected chi connectivity index (χ2v) is 5.80. The first-order valence-electron chi connectivity index (χ1n) is 7.32. The van der Waals surface area contributed by atoms with Gasteiger partial charge >= 0.3 is 0 Å². The smallest absolute Gasteiger partial charge is 0.255 e. The number of hydrogen-bond acceptors (Lipinski definition) is 3. The summed E-state index contributed by atoms with van der Waals surface area (Å²) in [4.78, 5) is 12.2. The maximum atomic E-state index is 12.2. The highest BCUT2D eigenvalue weighted by Gasteiger charge is 2.19. The molecule has 1 aromatic rings. The number of amides is 1. The topological polar surface area (TPSA) is 64.3 Å². The number of methoxy groups -OCH3 is 1. The lowest BCUT2D eigenvalue weighted by molar-refractivity contribution is 0.0939. The summed E-state index contributed by atoms with van der Waals surface area (Å²) in [6.07, 6.45) is 4.96. The van der Waals surface area contributed by atoms with Gasteiger partial charge in [-0.1, -0.05) is 19.8 Å². The number of rotatable bonds is 4. The summed E-state index contributed by atoms with van der Waals surface area (Å²) >= 11 is 0. The summed E-state index contributed by atoms with van der Waals surface area (Å²) in [6.45, 7) is 3.05. The van der Waals surface area contributed by atoms with E-state index in [2.05, 4.69) is 12.2 Å². The third-order valence-electron chi connectivity index (χ3n) is 4.16. The number of hydrogen-bond donors (Lipinski definition) is 2. The van der Waals surface area contributed by atoms with Gasteiger partial charge in [-0.15, -0.1) is 0 Å². The summed E-state index contributed by atoms with van der Waals surface area (Å²) in [5, 5.41) is 3.02. The van der Waals surface area contributed by atoms with Gasteiger partial charge in [-0.2, -0.15) is 0 Å². The minimum atomic E-state index is -0.0829. The maximum Gasteiger partial charge on any atom is 0.255 e. The van der Waals surface area contributed by atoms with Crippen LogP contribution in [0.4, 0.5) is 5.69 Å². The van der Waals surface area contributed by atoms with E-state index in [1.165, 1.54) is 25.7 Å². The van der Waals surface area contributed by atoms with Crippen LogP contribution in [0.2, 0.25) is 0 Å². The van der Waals surface area contributed by atoms with Crippen LogP contribution in [-0.2, 0) is 0 Å². The van der Waals surface area contributed by atoms with Gasteiger partial charge in [-0.3, -0.25) is 4.79 Å². The minimum absolute atomic E-state index is 0.0829. The molecule has 4 heteroatoms. The molecule has 3 N–H and O–H groups in total. The van der Waals surface area contributed by atoms with Crippen molar-refractivity contribution in [2.45, 2.75) is 32.6 Å². The Morgan fingerprint density at radius 3 is 2.70 bits per heavy atom. The quantitative estimate of drug-likeness (QED) is 0.831. The summed E-state index contributed by atoms with van der Waals surface area (Å²) in [5.41, 5.74) is 6.84. The van der Waals surface area contributed by atoms with E-state index in [9.17, 15) is 4.79 Å². The molecule has 110 valence electrons. The highest BCUT2D eigenvalue weighted by molar-refractivity contribution is 5.97. The van der Waals surface area contributed by atoms with Crippen molar-refractivity contribution in [3.63, 3.8) is 0 Å². The van der Waals surface area contributed by atoms with Gasteiger partial charge in [0, 0.05) is 18.3 Å². The zero-order chi connectivity index (χ0) is 14.5. The lowest BCUT2D eigenvalue weighted by Gasteiger charge is -2.26. The van der Waals surface area contributed by atoms with E-state index < -0.39 is 0 Å². The monoisotopic (exact) mass is 276 g/mol. The molecule has 4 nitrogen and oxygen atoms in total. The predicted molar refractivity (Wildman–Crippen MR) is 80.9 cm³/mol. The second kappa shape index (κ2) is 6.64. The molecule has 20 heavy (non-hydrogen) atoms. The molecule has 0 unspecified atom stereocenters. The normalized spacial score (nSPS) is 22.3. The molecule has 1 aliphatic carbocycles. The van der Waals surface area contributed by atoms with Crippen molar-refractivity contribution in [2.75, 3.05) is 19.4 Å². The predicted octanol–water partition coefficient (Wildman–Crippen LogP) is 2.83. The minimum Gasteiger partial charge on any atom is -0.496 e. The molecular formula is C16H24N2O2. The van der Waals surface area contributed by atoms with Crippen molar-refractivity contribution in [1.82, 2.24) is 5.32 Å². The standard InChI is InChI=1S/C16H24N2O2/c1-11-3-5-12(6-4-11)10-18-16(19)14-8-7-13(17)9-15(14)20-2/h7-9,11-12H,3-6,10,17H2,1-2H3,(H,18,19). The van der Waals surface area contributed by atoms with Crippen molar-refractivity contribution < 1.29 is 9.53 Å². The molecule has 1 amide bonds. The highest BCUT2D eigenvalue weighted by Crippen LogP contribution is 2.28. The summed E-state index contributed by atoms with van der Waals surface area (Å²) in [7, 11) is 1.55. The van der Waals surface area contributed by atoms with Crippen molar-refractivity contribution in [3.05, 3.63) is 23.8 Å². The van der Waals surface area contributed by atoms with Gasteiger partial charge in [0.25, 0.3) is 5.91 Å².